The second kappa shape index (κ2) is 17.3. The third-order valence-corrected chi connectivity index (χ3v) is 6.12. The van der Waals surface area contributed by atoms with Gasteiger partial charge in [0.1, 0.15) is 11.5 Å². The summed E-state index contributed by atoms with van der Waals surface area (Å²) < 4.78 is 81.3. The Labute approximate surface area is 290 Å². The molecule has 0 aliphatic rings. The minimum atomic E-state index is -4.66. The van der Waals surface area contributed by atoms with Crippen molar-refractivity contribution in [2.75, 3.05) is 0 Å². The Morgan fingerprint density at radius 3 is 1.12 bits per heavy atom. The number of para-hydroxylation sites is 2. The predicted octanol–water partition coefficient (Wildman–Crippen LogP) is 6.74. The summed E-state index contributed by atoms with van der Waals surface area (Å²) in [5.74, 6) is -2.87. The van der Waals surface area contributed by atoms with Gasteiger partial charge in [0.05, 0.1) is 22.5 Å². The third kappa shape index (κ3) is 14.3. The van der Waals surface area contributed by atoms with E-state index >= 15 is 0 Å². The summed E-state index contributed by atoms with van der Waals surface area (Å²) in [6.45, 7) is 12.0. The molecule has 0 aliphatic carbocycles. The zero-order valence-corrected chi connectivity index (χ0v) is 28.8. The van der Waals surface area contributed by atoms with Crippen LogP contribution in [0.5, 0.6) is 11.5 Å². The van der Waals surface area contributed by atoms with E-state index in [0.29, 0.717) is 0 Å². The Kier molecular flexibility index (Phi) is 15.8. The standard InChI is InChI=1S/C30H30F6N2O2.2C2H4O2.Co/c1-27(2,3)21-13-19(29(31,32)33)11-17(25(21)39)15-37-23-9-7-8-10-24(23)38-16-18-12-20(30(34,35)36)14-22(26(18)40)28(4,5)6;2*1-2(3)4;/h7-16,39-40H,1-6H3;2*1H3,(H,3,4);/q;;;+2/p-2. The van der Waals surface area contributed by atoms with Crippen LogP contribution < -0.4 is 10.2 Å². The molecule has 0 amide bonds. The Bertz CT molecular complexity index is 1540. The molecule has 3 rings (SSSR count). The van der Waals surface area contributed by atoms with E-state index in [2.05, 4.69) is 9.98 Å². The number of carboxylic acids is 2. The molecule has 3 aromatic carbocycles. The second-order valence-corrected chi connectivity index (χ2v) is 12.4. The molecule has 0 unspecified atom stereocenters. The molecule has 2 N–H and O–H groups in total. The van der Waals surface area contributed by atoms with Crippen LogP contribution in [0, 0.1) is 0 Å². The van der Waals surface area contributed by atoms with Gasteiger partial charge in [0.15, 0.2) is 0 Å². The van der Waals surface area contributed by atoms with Crippen molar-refractivity contribution >= 4 is 35.7 Å². The zero-order chi connectivity index (χ0) is 37.4. The predicted molar refractivity (Wildman–Crippen MR) is 166 cm³/mol. The first-order valence-corrected chi connectivity index (χ1v) is 14.1. The van der Waals surface area contributed by atoms with E-state index in [1.54, 1.807) is 53.7 Å². The van der Waals surface area contributed by atoms with Crippen molar-refractivity contribution in [3.63, 3.8) is 0 Å². The average Bonchev–Trinajstić information content (AvgIpc) is 2.89. The van der Waals surface area contributed by atoms with E-state index in [4.69, 9.17) is 19.8 Å². The van der Waals surface area contributed by atoms with Crippen LogP contribution in [0.25, 0.3) is 0 Å². The molecule has 0 spiro atoms. The van der Waals surface area contributed by atoms with Crippen LogP contribution >= 0.6 is 0 Å². The number of nitrogens with zero attached hydrogens (tertiary/aromatic N) is 2. The monoisotopic (exact) mass is 741 g/mol. The number of aliphatic carboxylic acids is 2. The van der Waals surface area contributed by atoms with Gasteiger partial charge in [0.25, 0.3) is 0 Å². The van der Waals surface area contributed by atoms with Crippen LogP contribution in [0.2, 0.25) is 0 Å². The summed E-state index contributed by atoms with van der Waals surface area (Å²) in [7, 11) is 0. The summed E-state index contributed by atoms with van der Waals surface area (Å²) >= 11 is 0. The SMILES string of the molecule is CC(=O)[O-].CC(=O)[O-].CC(C)(C)c1cc(C(F)(F)F)cc(C=Nc2ccccc2N=Cc2cc(C(F)(F)F)cc(C(C)(C)C)c2O)c1O.[Co+2]. The molecule has 0 saturated carbocycles. The van der Waals surface area contributed by atoms with E-state index < -0.39 is 46.2 Å². The maximum Gasteiger partial charge on any atom is 2.00 e. The minimum Gasteiger partial charge on any atom is -0.550 e. The average molecular weight is 742 g/mol. The van der Waals surface area contributed by atoms with E-state index in [0.717, 1.165) is 50.5 Å². The van der Waals surface area contributed by atoms with Crippen LogP contribution in [-0.2, 0) is 49.6 Å². The summed E-state index contributed by atoms with van der Waals surface area (Å²) in [5, 5.41) is 39.2. The van der Waals surface area contributed by atoms with Crippen molar-refractivity contribution in [1.82, 2.24) is 0 Å². The zero-order valence-electron chi connectivity index (χ0n) is 27.8. The van der Waals surface area contributed by atoms with Crippen LogP contribution in [0.1, 0.15) is 88.8 Å². The van der Waals surface area contributed by atoms with Gasteiger partial charge in [0, 0.05) is 46.6 Å². The first-order valence-electron chi connectivity index (χ1n) is 14.1. The number of phenolic OH excluding ortho intramolecular Hbond substituents is 2. The van der Waals surface area contributed by atoms with Gasteiger partial charge in [-0.15, -0.1) is 0 Å². The van der Waals surface area contributed by atoms with Gasteiger partial charge in [-0.05, 0) is 61.1 Å². The summed E-state index contributed by atoms with van der Waals surface area (Å²) in [6.07, 6.45) is -7.16. The van der Waals surface area contributed by atoms with Crippen molar-refractivity contribution in [3.05, 3.63) is 81.9 Å². The largest absolute Gasteiger partial charge is 2.00 e. The van der Waals surface area contributed by atoms with Gasteiger partial charge < -0.3 is 30.0 Å². The Morgan fingerprint density at radius 2 is 0.898 bits per heavy atom. The van der Waals surface area contributed by atoms with Crippen LogP contribution in [0.15, 0.2) is 58.5 Å². The van der Waals surface area contributed by atoms with Crippen molar-refractivity contribution in [1.29, 1.82) is 0 Å². The molecule has 49 heavy (non-hydrogen) atoms. The molecular weight excluding hydrogens is 705 g/mol. The van der Waals surface area contributed by atoms with Gasteiger partial charge in [-0.1, -0.05) is 53.7 Å². The van der Waals surface area contributed by atoms with E-state index in [9.17, 15) is 36.6 Å². The number of hydrogen-bond donors (Lipinski definition) is 2. The number of aliphatic imine (C=N–C) groups is 2. The van der Waals surface area contributed by atoms with Gasteiger partial charge in [-0.25, -0.2) is 0 Å². The van der Waals surface area contributed by atoms with Gasteiger partial charge in [0.2, 0.25) is 0 Å². The quantitative estimate of drug-likeness (QED) is 0.224. The number of halogens is 6. The number of alkyl halides is 6. The van der Waals surface area contributed by atoms with Crippen LogP contribution in [-0.4, -0.2) is 34.6 Å². The van der Waals surface area contributed by atoms with Crippen molar-refractivity contribution in [2.45, 2.75) is 78.6 Å². The van der Waals surface area contributed by atoms with Crippen molar-refractivity contribution in [3.8, 4) is 11.5 Å². The summed E-state index contributed by atoms with van der Waals surface area (Å²) in [6, 6.07) is 9.57. The number of hydrogen-bond acceptors (Lipinski definition) is 8. The molecule has 0 heterocycles. The number of carboxylic acid groups (broad SMARTS) is 2. The maximum atomic E-state index is 13.6. The number of benzene rings is 3. The number of phenols is 2. The van der Waals surface area contributed by atoms with Gasteiger partial charge in [-0.3, -0.25) is 9.98 Å². The fourth-order valence-corrected chi connectivity index (χ4v) is 3.94. The molecule has 8 nitrogen and oxygen atoms in total. The van der Waals surface area contributed by atoms with E-state index in [1.807, 2.05) is 0 Å². The topological polar surface area (TPSA) is 145 Å². The fraction of sp³-hybridized carbons (Fsp3) is 0.353. The number of carbonyl (C=O) groups excluding carboxylic acids is 2. The van der Waals surface area contributed by atoms with Gasteiger partial charge >= 0.3 is 29.1 Å². The molecule has 0 aliphatic heterocycles. The van der Waals surface area contributed by atoms with E-state index in [-0.39, 0.29) is 61.9 Å². The van der Waals surface area contributed by atoms with E-state index in [1.165, 1.54) is 12.1 Å². The van der Waals surface area contributed by atoms with Crippen molar-refractivity contribution < 1.29 is 73.1 Å². The normalized spacial score (nSPS) is 12.0. The van der Waals surface area contributed by atoms with Crippen LogP contribution in [0.3, 0.4) is 0 Å². The number of aromatic hydroxyl groups is 2. The molecule has 0 saturated heterocycles. The molecule has 1 radical (unpaired) electrons. The minimum absolute atomic E-state index is 0. The molecule has 0 aromatic heterocycles. The van der Waals surface area contributed by atoms with Gasteiger partial charge in [-0.2, -0.15) is 26.3 Å². The Morgan fingerprint density at radius 1 is 0.633 bits per heavy atom. The molecule has 3 aromatic rings. The smallest absolute Gasteiger partial charge is 0.550 e. The first kappa shape index (κ1) is 44.6. The number of rotatable bonds is 4. The Balaban J connectivity index is 0.00000230. The first-order chi connectivity index (χ1) is 21.7. The number of carbonyl (C=O) groups is 2. The molecule has 0 atom stereocenters. The van der Waals surface area contributed by atoms with Crippen LogP contribution in [0.4, 0.5) is 37.7 Å². The summed E-state index contributed by atoms with van der Waals surface area (Å²) in [4.78, 5) is 26.2. The maximum absolute atomic E-state index is 13.6. The molecule has 269 valence electrons. The third-order valence-electron chi connectivity index (χ3n) is 6.12. The van der Waals surface area contributed by atoms with Crippen molar-refractivity contribution in [2.24, 2.45) is 9.98 Å². The molecule has 0 bridgehead atoms. The Hall–Kier alpha value is -4.37. The molecular formula is C34H36CoF6N2O6. The molecule has 15 heteroatoms. The summed E-state index contributed by atoms with van der Waals surface area (Å²) in [5.41, 5.74) is -3.28. The fourth-order valence-electron chi connectivity index (χ4n) is 3.94. The molecule has 0 fully saturated rings. The second-order valence-electron chi connectivity index (χ2n) is 12.4.